The maximum Gasteiger partial charge on any atom is 0.341 e. The van der Waals surface area contributed by atoms with Crippen molar-refractivity contribution in [3.8, 4) is 11.8 Å². The number of esters is 1. The summed E-state index contributed by atoms with van der Waals surface area (Å²) in [6, 6.07) is 5.01. The standard InChI is InChI=1S/C20H18Cl2N6O3/c1-4-31-19(29)12-8-23-27(10-12)20-25-16-9-24-28(17(16)18(26-20)30-3)11(2)14-7-13(21)5-6-15(14)22/h5-11H,4H2,1-3H3. The van der Waals surface area contributed by atoms with Crippen LogP contribution in [0.25, 0.3) is 17.0 Å². The second kappa shape index (κ2) is 8.52. The Morgan fingerprint density at radius 3 is 2.74 bits per heavy atom. The van der Waals surface area contributed by atoms with Gasteiger partial charge in [-0.2, -0.15) is 15.2 Å². The zero-order valence-corrected chi connectivity index (χ0v) is 18.4. The first kappa shape index (κ1) is 21.1. The molecule has 0 bridgehead atoms. The highest BCUT2D eigenvalue weighted by molar-refractivity contribution is 6.33. The SMILES string of the molecule is CCOC(=O)c1cnn(-c2nc(OC)c3c(cnn3C(C)c3cc(Cl)ccc3Cl)n2)c1. The molecule has 0 aliphatic carbocycles. The van der Waals surface area contributed by atoms with E-state index < -0.39 is 5.97 Å². The van der Waals surface area contributed by atoms with E-state index in [2.05, 4.69) is 20.2 Å². The molecule has 160 valence electrons. The Labute approximate surface area is 187 Å². The van der Waals surface area contributed by atoms with Gasteiger partial charge in [-0.1, -0.05) is 23.2 Å². The number of methoxy groups -OCH3 is 1. The van der Waals surface area contributed by atoms with Gasteiger partial charge in [0.25, 0.3) is 5.95 Å². The molecule has 1 atom stereocenters. The lowest BCUT2D eigenvalue weighted by atomic mass is 10.1. The maximum absolute atomic E-state index is 11.9. The molecule has 0 aliphatic rings. The first-order chi connectivity index (χ1) is 14.9. The molecule has 0 aliphatic heterocycles. The molecule has 0 fully saturated rings. The van der Waals surface area contributed by atoms with Gasteiger partial charge in [-0.3, -0.25) is 4.68 Å². The molecule has 1 aromatic carbocycles. The zero-order valence-electron chi connectivity index (χ0n) is 16.9. The Bertz CT molecular complexity index is 1270. The van der Waals surface area contributed by atoms with E-state index in [-0.39, 0.29) is 18.6 Å². The van der Waals surface area contributed by atoms with Crippen molar-refractivity contribution >= 4 is 40.2 Å². The minimum Gasteiger partial charge on any atom is -0.479 e. The van der Waals surface area contributed by atoms with Crippen LogP contribution in [-0.4, -0.2) is 49.2 Å². The fraction of sp³-hybridized carbons (Fsp3) is 0.250. The van der Waals surface area contributed by atoms with Crippen LogP contribution in [0, 0.1) is 0 Å². The second-order valence-electron chi connectivity index (χ2n) is 6.59. The number of carbonyl (C=O) groups excluding carboxylic acids is 1. The van der Waals surface area contributed by atoms with E-state index in [0.29, 0.717) is 32.5 Å². The molecular weight excluding hydrogens is 443 g/mol. The topological polar surface area (TPSA) is 97.0 Å². The molecule has 0 spiro atoms. The van der Waals surface area contributed by atoms with Crippen LogP contribution in [0.1, 0.15) is 35.8 Å². The van der Waals surface area contributed by atoms with Gasteiger partial charge in [-0.05, 0) is 37.6 Å². The van der Waals surface area contributed by atoms with Crippen molar-refractivity contribution in [2.75, 3.05) is 13.7 Å². The number of halogens is 2. The maximum atomic E-state index is 11.9. The van der Waals surface area contributed by atoms with Crippen LogP contribution in [0.3, 0.4) is 0 Å². The molecule has 31 heavy (non-hydrogen) atoms. The first-order valence-corrected chi connectivity index (χ1v) is 10.1. The summed E-state index contributed by atoms with van der Waals surface area (Å²) >= 11 is 12.5. The highest BCUT2D eigenvalue weighted by Crippen LogP contribution is 2.32. The lowest BCUT2D eigenvalue weighted by molar-refractivity contribution is 0.0526. The summed E-state index contributed by atoms with van der Waals surface area (Å²) < 4.78 is 13.6. The van der Waals surface area contributed by atoms with Crippen molar-refractivity contribution in [3.05, 3.63) is 58.0 Å². The van der Waals surface area contributed by atoms with Gasteiger partial charge in [0.05, 0.1) is 37.7 Å². The fourth-order valence-electron chi connectivity index (χ4n) is 3.18. The zero-order chi connectivity index (χ0) is 22.1. The molecule has 0 radical (unpaired) electrons. The average Bonchev–Trinajstić information content (AvgIpc) is 3.42. The summed E-state index contributed by atoms with van der Waals surface area (Å²) in [4.78, 5) is 20.9. The van der Waals surface area contributed by atoms with Crippen LogP contribution in [0.2, 0.25) is 10.0 Å². The van der Waals surface area contributed by atoms with E-state index >= 15 is 0 Å². The molecule has 0 saturated carbocycles. The van der Waals surface area contributed by atoms with Crippen molar-refractivity contribution in [1.29, 1.82) is 0 Å². The van der Waals surface area contributed by atoms with Crippen molar-refractivity contribution in [2.45, 2.75) is 19.9 Å². The Kier molecular flexibility index (Phi) is 5.79. The number of aromatic nitrogens is 6. The molecule has 1 unspecified atom stereocenters. The summed E-state index contributed by atoms with van der Waals surface area (Å²) in [5.41, 5.74) is 2.23. The van der Waals surface area contributed by atoms with Gasteiger partial charge in [0.2, 0.25) is 5.88 Å². The van der Waals surface area contributed by atoms with E-state index in [1.165, 1.54) is 24.2 Å². The van der Waals surface area contributed by atoms with Crippen LogP contribution in [0.15, 0.2) is 36.8 Å². The van der Waals surface area contributed by atoms with Crippen molar-refractivity contribution in [3.63, 3.8) is 0 Å². The molecule has 11 heteroatoms. The quantitative estimate of drug-likeness (QED) is 0.399. The van der Waals surface area contributed by atoms with Gasteiger partial charge < -0.3 is 9.47 Å². The predicted octanol–water partition coefficient (Wildman–Crippen LogP) is 4.11. The monoisotopic (exact) mass is 460 g/mol. The van der Waals surface area contributed by atoms with Gasteiger partial charge >= 0.3 is 5.97 Å². The van der Waals surface area contributed by atoms with E-state index in [0.717, 1.165) is 5.56 Å². The largest absolute Gasteiger partial charge is 0.479 e. The Balaban J connectivity index is 1.77. The molecule has 0 amide bonds. The lowest BCUT2D eigenvalue weighted by Gasteiger charge is -2.16. The number of benzene rings is 1. The van der Waals surface area contributed by atoms with E-state index in [1.54, 1.807) is 36.0 Å². The lowest BCUT2D eigenvalue weighted by Crippen LogP contribution is -2.11. The predicted molar refractivity (Wildman–Crippen MR) is 115 cm³/mol. The van der Waals surface area contributed by atoms with Crippen LogP contribution >= 0.6 is 23.2 Å². The number of rotatable bonds is 6. The number of nitrogens with zero attached hydrogens (tertiary/aromatic N) is 6. The van der Waals surface area contributed by atoms with Crippen LogP contribution in [0.5, 0.6) is 5.88 Å². The summed E-state index contributed by atoms with van der Waals surface area (Å²) in [5, 5.41) is 9.77. The summed E-state index contributed by atoms with van der Waals surface area (Å²) in [6.45, 7) is 3.95. The van der Waals surface area contributed by atoms with E-state index in [1.807, 2.05) is 6.92 Å². The van der Waals surface area contributed by atoms with Crippen LogP contribution in [0.4, 0.5) is 0 Å². The van der Waals surface area contributed by atoms with Gasteiger partial charge in [-0.25, -0.2) is 14.5 Å². The minimum absolute atomic E-state index is 0.230. The number of fused-ring (bicyclic) bond motifs is 1. The summed E-state index contributed by atoms with van der Waals surface area (Å²) in [5.74, 6) is 0.0606. The Hall–Kier alpha value is -3.17. The fourth-order valence-corrected chi connectivity index (χ4v) is 3.63. The molecule has 0 saturated heterocycles. The third kappa shape index (κ3) is 3.94. The van der Waals surface area contributed by atoms with E-state index in [9.17, 15) is 4.79 Å². The average molecular weight is 461 g/mol. The Morgan fingerprint density at radius 2 is 2.00 bits per heavy atom. The number of carbonyl (C=O) groups is 1. The molecular formula is C20H18Cl2N6O3. The smallest absolute Gasteiger partial charge is 0.341 e. The summed E-state index contributed by atoms with van der Waals surface area (Å²) in [7, 11) is 1.51. The number of hydrogen-bond acceptors (Lipinski definition) is 7. The number of hydrogen-bond donors (Lipinski definition) is 0. The minimum atomic E-state index is -0.471. The Morgan fingerprint density at radius 1 is 1.19 bits per heavy atom. The third-order valence-corrected chi connectivity index (χ3v) is 5.25. The third-order valence-electron chi connectivity index (χ3n) is 4.67. The molecule has 3 heterocycles. The van der Waals surface area contributed by atoms with Crippen molar-refractivity contribution in [2.24, 2.45) is 0 Å². The van der Waals surface area contributed by atoms with Gasteiger partial charge in [0, 0.05) is 16.2 Å². The normalized spacial score (nSPS) is 12.2. The van der Waals surface area contributed by atoms with Crippen molar-refractivity contribution < 1.29 is 14.3 Å². The highest BCUT2D eigenvalue weighted by Gasteiger charge is 2.21. The van der Waals surface area contributed by atoms with Gasteiger partial charge in [-0.15, -0.1) is 0 Å². The molecule has 3 aromatic heterocycles. The van der Waals surface area contributed by atoms with E-state index in [4.69, 9.17) is 32.7 Å². The highest BCUT2D eigenvalue weighted by atomic mass is 35.5. The second-order valence-corrected chi connectivity index (χ2v) is 7.44. The molecule has 4 aromatic rings. The van der Waals surface area contributed by atoms with Crippen molar-refractivity contribution in [1.82, 2.24) is 29.5 Å². The molecule has 4 rings (SSSR count). The summed E-state index contributed by atoms with van der Waals surface area (Å²) in [6.07, 6.45) is 4.50. The number of ether oxygens (including phenoxy) is 2. The van der Waals surface area contributed by atoms with Crippen LogP contribution in [-0.2, 0) is 4.74 Å². The first-order valence-electron chi connectivity index (χ1n) is 9.39. The van der Waals surface area contributed by atoms with Gasteiger partial charge in [0.1, 0.15) is 11.0 Å². The molecule has 9 nitrogen and oxygen atoms in total. The molecule has 0 N–H and O–H groups in total. The van der Waals surface area contributed by atoms with Crippen LogP contribution < -0.4 is 4.74 Å². The van der Waals surface area contributed by atoms with Gasteiger partial charge in [0.15, 0.2) is 0 Å².